The molecule has 118 valence electrons. The van der Waals surface area contributed by atoms with Crippen molar-refractivity contribution in [1.29, 1.82) is 0 Å². The highest BCUT2D eigenvalue weighted by molar-refractivity contribution is 6.65. The van der Waals surface area contributed by atoms with E-state index in [0.29, 0.717) is 5.02 Å². The van der Waals surface area contributed by atoms with Gasteiger partial charge in [0.1, 0.15) is 11.2 Å². The first kappa shape index (κ1) is 15.1. The molecule has 4 rings (SSSR count). The van der Waals surface area contributed by atoms with Crippen LogP contribution in [0.25, 0.3) is 21.9 Å². The van der Waals surface area contributed by atoms with Crippen molar-refractivity contribution in [2.45, 2.75) is 38.9 Å². The van der Waals surface area contributed by atoms with Crippen molar-refractivity contribution in [2.24, 2.45) is 0 Å². The minimum Gasteiger partial charge on any atom is -0.456 e. The van der Waals surface area contributed by atoms with Crippen LogP contribution in [0.15, 0.2) is 40.8 Å². The predicted octanol–water partition coefficient (Wildman–Crippen LogP) is 4.54. The third kappa shape index (κ3) is 2.13. The zero-order valence-corrected chi connectivity index (χ0v) is 14.4. The summed E-state index contributed by atoms with van der Waals surface area (Å²) in [6.07, 6.45) is 0. The van der Waals surface area contributed by atoms with E-state index in [4.69, 9.17) is 25.3 Å². The number of para-hydroxylation sites is 1. The van der Waals surface area contributed by atoms with E-state index < -0.39 is 18.3 Å². The van der Waals surface area contributed by atoms with Crippen LogP contribution in [0.5, 0.6) is 0 Å². The first-order valence-electron chi connectivity index (χ1n) is 7.75. The number of furan rings is 1. The van der Waals surface area contributed by atoms with E-state index in [1.807, 2.05) is 64.1 Å². The Labute approximate surface area is 140 Å². The molecule has 0 spiro atoms. The SMILES string of the molecule is CC1(C)OB(c2ccc(Cl)c3c2oc2ccccc23)OC1(C)C. The molecule has 1 aliphatic rings. The third-order valence-electron chi connectivity index (χ3n) is 5.01. The van der Waals surface area contributed by atoms with Gasteiger partial charge in [0.25, 0.3) is 0 Å². The van der Waals surface area contributed by atoms with Gasteiger partial charge in [-0.2, -0.15) is 0 Å². The summed E-state index contributed by atoms with van der Waals surface area (Å²) in [6.45, 7) is 8.16. The quantitative estimate of drug-likeness (QED) is 0.615. The van der Waals surface area contributed by atoms with Gasteiger partial charge in [-0.15, -0.1) is 0 Å². The Hall–Kier alpha value is -1.49. The maximum absolute atomic E-state index is 6.43. The monoisotopic (exact) mass is 328 g/mol. The minimum absolute atomic E-state index is 0.393. The fourth-order valence-corrected chi connectivity index (χ4v) is 3.21. The third-order valence-corrected chi connectivity index (χ3v) is 5.33. The van der Waals surface area contributed by atoms with E-state index in [1.54, 1.807) is 0 Å². The Balaban J connectivity index is 1.94. The van der Waals surface area contributed by atoms with Crippen molar-refractivity contribution in [3.05, 3.63) is 41.4 Å². The van der Waals surface area contributed by atoms with Crippen molar-refractivity contribution >= 4 is 46.1 Å². The Morgan fingerprint density at radius 2 is 1.57 bits per heavy atom. The molecular weight excluding hydrogens is 310 g/mol. The molecule has 0 atom stereocenters. The maximum atomic E-state index is 6.43. The molecule has 0 saturated carbocycles. The summed E-state index contributed by atoms with van der Waals surface area (Å²) >= 11 is 6.43. The number of fused-ring (bicyclic) bond motifs is 3. The smallest absolute Gasteiger partial charge is 0.456 e. The molecule has 23 heavy (non-hydrogen) atoms. The Morgan fingerprint density at radius 1 is 0.913 bits per heavy atom. The molecule has 0 unspecified atom stereocenters. The molecule has 1 fully saturated rings. The molecule has 3 aromatic rings. The predicted molar refractivity (Wildman–Crippen MR) is 94.4 cm³/mol. The van der Waals surface area contributed by atoms with Crippen LogP contribution in [-0.2, 0) is 9.31 Å². The molecular formula is C18H18BClO3. The van der Waals surface area contributed by atoms with Gasteiger partial charge in [0.05, 0.1) is 16.2 Å². The average molecular weight is 329 g/mol. The van der Waals surface area contributed by atoms with Crippen molar-refractivity contribution < 1.29 is 13.7 Å². The molecule has 1 saturated heterocycles. The van der Waals surface area contributed by atoms with Crippen LogP contribution >= 0.6 is 11.6 Å². The molecule has 0 bridgehead atoms. The fraction of sp³-hybridized carbons (Fsp3) is 0.333. The molecule has 2 heterocycles. The molecule has 5 heteroatoms. The Kier molecular flexibility index (Phi) is 3.12. The van der Waals surface area contributed by atoms with Crippen molar-refractivity contribution in [2.75, 3.05) is 0 Å². The minimum atomic E-state index is -0.472. The molecule has 0 radical (unpaired) electrons. The standard InChI is InChI=1S/C18H18BClO3/c1-17(2)18(3,4)23-19(22-17)12-9-10-13(20)15-11-7-5-6-8-14(11)21-16(12)15/h5-10H,1-4H3. The second-order valence-electron chi connectivity index (χ2n) is 7.03. The van der Waals surface area contributed by atoms with Gasteiger partial charge in [0, 0.05) is 16.2 Å². The summed E-state index contributed by atoms with van der Waals surface area (Å²) in [6, 6.07) is 11.7. The maximum Gasteiger partial charge on any atom is 0.498 e. The molecule has 2 aromatic carbocycles. The zero-order chi connectivity index (χ0) is 16.4. The van der Waals surface area contributed by atoms with Crippen LogP contribution in [0.4, 0.5) is 0 Å². The Bertz CT molecular complexity index is 897. The first-order chi connectivity index (χ1) is 10.8. The van der Waals surface area contributed by atoms with Gasteiger partial charge in [0.2, 0.25) is 0 Å². The van der Waals surface area contributed by atoms with E-state index >= 15 is 0 Å². The molecule has 1 aliphatic heterocycles. The molecule has 0 amide bonds. The zero-order valence-electron chi connectivity index (χ0n) is 13.6. The first-order valence-corrected chi connectivity index (χ1v) is 8.13. The van der Waals surface area contributed by atoms with Crippen molar-refractivity contribution in [1.82, 2.24) is 0 Å². The topological polar surface area (TPSA) is 31.6 Å². The summed E-state index contributed by atoms with van der Waals surface area (Å²) in [4.78, 5) is 0. The van der Waals surface area contributed by atoms with E-state index in [2.05, 4.69) is 0 Å². The highest BCUT2D eigenvalue weighted by atomic mass is 35.5. The molecule has 1 aromatic heterocycles. The van der Waals surface area contributed by atoms with E-state index in [1.165, 1.54) is 0 Å². The average Bonchev–Trinajstić information content (AvgIpc) is 2.95. The van der Waals surface area contributed by atoms with Crippen LogP contribution in [-0.4, -0.2) is 18.3 Å². The molecule has 0 aliphatic carbocycles. The summed E-state index contributed by atoms with van der Waals surface area (Å²) in [7, 11) is -0.472. The van der Waals surface area contributed by atoms with E-state index in [9.17, 15) is 0 Å². The summed E-state index contributed by atoms with van der Waals surface area (Å²) in [5.74, 6) is 0. The van der Waals surface area contributed by atoms with Gasteiger partial charge in [-0.05, 0) is 39.8 Å². The summed E-state index contributed by atoms with van der Waals surface area (Å²) in [5, 5.41) is 2.59. The normalized spacial score (nSPS) is 19.8. The molecule has 0 N–H and O–H groups in total. The van der Waals surface area contributed by atoms with Gasteiger partial charge in [-0.1, -0.05) is 35.9 Å². The lowest BCUT2D eigenvalue weighted by molar-refractivity contribution is 0.00578. The highest BCUT2D eigenvalue weighted by Gasteiger charge is 2.52. The Morgan fingerprint density at radius 3 is 2.26 bits per heavy atom. The van der Waals surface area contributed by atoms with Crippen LogP contribution in [0.3, 0.4) is 0 Å². The van der Waals surface area contributed by atoms with Gasteiger partial charge in [0.15, 0.2) is 0 Å². The largest absolute Gasteiger partial charge is 0.498 e. The number of halogens is 1. The number of benzene rings is 2. The lowest BCUT2D eigenvalue weighted by Gasteiger charge is -2.32. The van der Waals surface area contributed by atoms with Gasteiger partial charge in [-0.25, -0.2) is 0 Å². The van der Waals surface area contributed by atoms with Crippen LogP contribution in [0.2, 0.25) is 5.02 Å². The lowest BCUT2D eigenvalue weighted by Crippen LogP contribution is -2.41. The second-order valence-corrected chi connectivity index (χ2v) is 7.43. The fourth-order valence-electron chi connectivity index (χ4n) is 2.96. The lowest BCUT2D eigenvalue weighted by atomic mass is 9.78. The van der Waals surface area contributed by atoms with Crippen LogP contribution < -0.4 is 5.46 Å². The van der Waals surface area contributed by atoms with E-state index in [-0.39, 0.29) is 0 Å². The van der Waals surface area contributed by atoms with Gasteiger partial charge >= 0.3 is 7.12 Å². The van der Waals surface area contributed by atoms with Gasteiger partial charge < -0.3 is 13.7 Å². The summed E-state index contributed by atoms with van der Waals surface area (Å²) < 4.78 is 18.4. The van der Waals surface area contributed by atoms with Crippen LogP contribution in [0, 0.1) is 0 Å². The van der Waals surface area contributed by atoms with Crippen molar-refractivity contribution in [3.8, 4) is 0 Å². The summed E-state index contributed by atoms with van der Waals surface area (Å²) in [5.41, 5.74) is 1.63. The second kappa shape index (κ2) is 4.76. The highest BCUT2D eigenvalue weighted by Crippen LogP contribution is 2.39. The van der Waals surface area contributed by atoms with Gasteiger partial charge in [-0.3, -0.25) is 0 Å². The molecule has 3 nitrogen and oxygen atoms in total. The van der Waals surface area contributed by atoms with E-state index in [0.717, 1.165) is 27.4 Å². The van der Waals surface area contributed by atoms with Crippen molar-refractivity contribution in [3.63, 3.8) is 0 Å². The number of rotatable bonds is 1. The number of hydrogen-bond acceptors (Lipinski definition) is 3. The number of hydrogen-bond donors (Lipinski definition) is 0. The van der Waals surface area contributed by atoms with Crippen LogP contribution in [0.1, 0.15) is 27.7 Å².